The molecule has 0 heterocycles. The standard InChI is InChI=1S/C26H24BNO3/c1-2-31-25(30)26(16-19-10-6-7-11-20(19)17-26)28-24(29)23-13-12-22(27)15-21(23)14-18-8-4-3-5-9-18/h3-13,15H,2,14,16-17H2,1H3,(H,28,29). The van der Waals surface area contributed by atoms with Gasteiger partial charge in [-0.15, -0.1) is 0 Å². The SMILES string of the molecule is [B]c1ccc(C(=O)NC2(C(=O)OCC)Cc3ccccc3C2)c(Cc2ccccc2)c1. The van der Waals surface area contributed by atoms with Gasteiger partial charge in [-0.25, -0.2) is 4.79 Å². The van der Waals surface area contributed by atoms with Gasteiger partial charge < -0.3 is 10.1 Å². The molecule has 5 heteroatoms. The van der Waals surface area contributed by atoms with E-state index in [1.165, 1.54) is 0 Å². The third-order valence-corrected chi connectivity index (χ3v) is 5.73. The largest absolute Gasteiger partial charge is 0.464 e. The molecule has 0 saturated carbocycles. The number of nitrogens with one attached hydrogen (secondary N) is 1. The molecule has 1 N–H and O–H groups in total. The van der Waals surface area contributed by atoms with Gasteiger partial charge in [-0.1, -0.05) is 72.2 Å². The van der Waals surface area contributed by atoms with Gasteiger partial charge in [-0.2, -0.15) is 0 Å². The minimum atomic E-state index is -1.11. The van der Waals surface area contributed by atoms with Crippen molar-refractivity contribution in [1.82, 2.24) is 5.32 Å². The summed E-state index contributed by atoms with van der Waals surface area (Å²) < 4.78 is 5.37. The summed E-state index contributed by atoms with van der Waals surface area (Å²) in [7, 11) is 6.01. The van der Waals surface area contributed by atoms with E-state index in [1.807, 2.05) is 60.7 Å². The van der Waals surface area contributed by atoms with E-state index >= 15 is 0 Å². The maximum atomic E-state index is 13.4. The lowest BCUT2D eigenvalue weighted by molar-refractivity contribution is -0.150. The molecule has 3 aromatic rings. The zero-order chi connectivity index (χ0) is 21.8. The van der Waals surface area contributed by atoms with Crippen molar-refractivity contribution in [3.05, 3.63) is 101 Å². The van der Waals surface area contributed by atoms with Crippen molar-refractivity contribution in [2.75, 3.05) is 6.61 Å². The Balaban J connectivity index is 1.65. The van der Waals surface area contributed by atoms with Crippen molar-refractivity contribution in [2.45, 2.75) is 31.7 Å². The van der Waals surface area contributed by atoms with Gasteiger partial charge in [-0.05, 0) is 41.7 Å². The smallest absolute Gasteiger partial charge is 0.332 e. The molecule has 0 spiro atoms. The lowest BCUT2D eigenvalue weighted by atomic mass is 9.88. The predicted molar refractivity (Wildman–Crippen MR) is 122 cm³/mol. The van der Waals surface area contributed by atoms with Crippen molar-refractivity contribution >= 4 is 25.2 Å². The van der Waals surface area contributed by atoms with Gasteiger partial charge in [0.05, 0.1) is 6.61 Å². The first kappa shape index (κ1) is 20.9. The molecule has 0 aliphatic heterocycles. The molecule has 4 rings (SSSR count). The van der Waals surface area contributed by atoms with Gasteiger partial charge in [0.2, 0.25) is 0 Å². The third kappa shape index (κ3) is 4.41. The minimum Gasteiger partial charge on any atom is -0.464 e. The molecule has 31 heavy (non-hydrogen) atoms. The van der Waals surface area contributed by atoms with E-state index in [4.69, 9.17) is 12.6 Å². The molecule has 1 amide bonds. The van der Waals surface area contributed by atoms with E-state index in [0.29, 0.717) is 30.3 Å². The lowest BCUT2D eigenvalue weighted by Gasteiger charge is -2.28. The van der Waals surface area contributed by atoms with Crippen molar-refractivity contribution < 1.29 is 14.3 Å². The van der Waals surface area contributed by atoms with Crippen LogP contribution >= 0.6 is 0 Å². The Labute approximate surface area is 184 Å². The highest BCUT2D eigenvalue weighted by molar-refractivity contribution is 6.32. The number of ether oxygens (including phenoxy) is 1. The second kappa shape index (κ2) is 8.80. The average molecular weight is 409 g/mol. The molecule has 0 atom stereocenters. The highest BCUT2D eigenvalue weighted by atomic mass is 16.5. The summed E-state index contributed by atoms with van der Waals surface area (Å²) in [5.41, 5.74) is 4.00. The van der Waals surface area contributed by atoms with Crippen LogP contribution in [0.2, 0.25) is 0 Å². The topological polar surface area (TPSA) is 55.4 Å². The summed E-state index contributed by atoms with van der Waals surface area (Å²) in [4.78, 5) is 26.4. The van der Waals surface area contributed by atoms with E-state index in [1.54, 1.807) is 19.1 Å². The number of esters is 1. The lowest BCUT2D eigenvalue weighted by Crippen LogP contribution is -2.56. The zero-order valence-electron chi connectivity index (χ0n) is 17.6. The Morgan fingerprint density at radius 1 is 0.968 bits per heavy atom. The van der Waals surface area contributed by atoms with Gasteiger partial charge >= 0.3 is 5.97 Å². The van der Waals surface area contributed by atoms with E-state index < -0.39 is 11.5 Å². The van der Waals surface area contributed by atoms with Crippen molar-refractivity contribution in [2.24, 2.45) is 0 Å². The van der Waals surface area contributed by atoms with Gasteiger partial charge in [0, 0.05) is 18.4 Å². The summed E-state index contributed by atoms with van der Waals surface area (Å²) in [5.74, 6) is -0.702. The molecule has 0 aromatic heterocycles. The fraction of sp³-hybridized carbons (Fsp3) is 0.231. The van der Waals surface area contributed by atoms with E-state index in [9.17, 15) is 9.59 Å². The maximum Gasteiger partial charge on any atom is 0.332 e. The number of hydrogen-bond acceptors (Lipinski definition) is 3. The minimum absolute atomic E-state index is 0.258. The van der Waals surface area contributed by atoms with Crippen LogP contribution in [0.15, 0.2) is 72.8 Å². The van der Waals surface area contributed by atoms with Gasteiger partial charge in [0.15, 0.2) is 0 Å². The monoisotopic (exact) mass is 409 g/mol. The van der Waals surface area contributed by atoms with Crippen LogP contribution in [0.3, 0.4) is 0 Å². The maximum absolute atomic E-state index is 13.4. The number of fused-ring (bicyclic) bond motifs is 1. The second-order valence-corrected chi connectivity index (χ2v) is 7.96. The normalized spacial score (nSPS) is 14.0. The molecule has 0 saturated heterocycles. The zero-order valence-corrected chi connectivity index (χ0v) is 17.6. The van der Waals surface area contributed by atoms with Gasteiger partial charge in [-0.3, -0.25) is 4.79 Å². The first-order valence-corrected chi connectivity index (χ1v) is 10.5. The molecular formula is C26H24BNO3. The van der Waals surface area contributed by atoms with Crippen LogP contribution < -0.4 is 10.8 Å². The summed E-state index contributed by atoms with van der Waals surface area (Å²) >= 11 is 0. The summed E-state index contributed by atoms with van der Waals surface area (Å²) in [5, 5.41) is 3.03. The molecule has 4 nitrogen and oxygen atoms in total. The molecular weight excluding hydrogens is 385 g/mol. The number of hydrogen-bond donors (Lipinski definition) is 1. The average Bonchev–Trinajstić information content (AvgIpc) is 3.14. The van der Waals surface area contributed by atoms with E-state index in [-0.39, 0.29) is 12.5 Å². The van der Waals surface area contributed by atoms with E-state index in [2.05, 4.69) is 5.32 Å². The quantitative estimate of drug-likeness (QED) is 0.503. The summed E-state index contributed by atoms with van der Waals surface area (Å²) in [6, 6.07) is 23.0. The Morgan fingerprint density at radius 2 is 1.61 bits per heavy atom. The molecule has 2 radical (unpaired) electrons. The van der Waals surface area contributed by atoms with Crippen LogP contribution in [0, 0.1) is 0 Å². The number of amides is 1. The second-order valence-electron chi connectivity index (χ2n) is 7.96. The fourth-order valence-electron chi connectivity index (χ4n) is 4.25. The van der Waals surface area contributed by atoms with Gasteiger partial charge in [0.25, 0.3) is 5.91 Å². The Bertz CT molecular complexity index is 1090. The highest BCUT2D eigenvalue weighted by Gasteiger charge is 2.46. The van der Waals surface area contributed by atoms with Crippen LogP contribution in [0.1, 0.15) is 39.5 Å². The molecule has 0 unspecified atom stereocenters. The van der Waals surface area contributed by atoms with Crippen molar-refractivity contribution in [1.29, 1.82) is 0 Å². The first-order valence-electron chi connectivity index (χ1n) is 10.5. The number of carbonyl (C=O) groups is 2. The molecule has 3 aromatic carbocycles. The summed E-state index contributed by atoms with van der Waals surface area (Å²) in [6.45, 7) is 2.03. The molecule has 154 valence electrons. The molecule has 0 fully saturated rings. The summed E-state index contributed by atoms with van der Waals surface area (Å²) in [6.07, 6.45) is 1.40. The Morgan fingerprint density at radius 3 is 2.26 bits per heavy atom. The molecule has 1 aliphatic carbocycles. The van der Waals surface area contributed by atoms with Crippen LogP contribution in [0.25, 0.3) is 0 Å². The van der Waals surface area contributed by atoms with Gasteiger partial charge in [0.1, 0.15) is 13.4 Å². The van der Waals surface area contributed by atoms with E-state index in [0.717, 1.165) is 22.3 Å². The number of rotatable bonds is 6. The number of carbonyl (C=O) groups excluding carboxylic acids is 2. The van der Waals surface area contributed by atoms with Crippen molar-refractivity contribution in [3.8, 4) is 0 Å². The fourth-order valence-corrected chi connectivity index (χ4v) is 4.25. The highest BCUT2D eigenvalue weighted by Crippen LogP contribution is 2.32. The molecule has 0 bridgehead atoms. The Kier molecular flexibility index (Phi) is 5.94. The molecule has 1 aliphatic rings. The van der Waals surface area contributed by atoms with Crippen LogP contribution in [-0.2, 0) is 28.8 Å². The first-order chi connectivity index (χ1) is 15.0. The predicted octanol–water partition coefficient (Wildman–Crippen LogP) is 2.90. The van der Waals surface area contributed by atoms with Crippen LogP contribution in [-0.4, -0.2) is 31.9 Å². The third-order valence-electron chi connectivity index (χ3n) is 5.73. The Hall–Kier alpha value is -3.34. The number of benzene rings is 3. The van der Waals surface area contributed by atoms with Crippen LogP contribution in [0.4, 0.5) is 0 Å². The van der Waals surface area contributed by atoms with Crippen molar-refractivity contribution in [3.63, 3.8) is 0 Å². The van der Waals surface area contributed by atoms with Crippen LogP contribution in [0.5, 0.6) is 0 Å².